The summed E-state index contributed by atoms with van der Waals surface area (Å²) in [6.45, 7) is 6.20. The molecule has 3 heterocycles. The van der Waals surface area contributed by atoms with Crippen LogP contribution in [0.3, 0.4) is 0 Å². The smallest absolute Gasteiger partial charge is 0.257 e. The molecule has 2 N–H and O–H groups in total. The van der Waals surface area contributed by atoms with E-state index in [9.17, 15) is 9.59 Å². The lowest BCUT2D eigenvalue weighted by Crippen LogP contribution is -2.41. The number of nitrogens with one attached hydrogen (secondary N) is 2. The number of aromatic amines is 1. The standard InChI is InChI=1S/C21H24N4O2S/c1-4-8-28-20-24-18-17(19(27)25-20)15(12-6-5-7-22-11-12)16-13(23-18)9-21(2,3)10-14(16)26/h5-7,9,11,15-16H,4,8,10H2,1-3H3,(H2,23,24,25,27)/t15-,16-/m0/s1. The van der Waals surface area contributed by atoms with Crippen LogP contribution in [0.1, 0.15) is 50.7 Å². The van der Waals surface area contributed by atoms with Crippen LogP contribution in [-0.2, 0) is 4.79 Å². The van der Waals surface area contributed by atoms with Gasteiger partial charge in [-0.05, 0) is 23.5 Å². The zero-order chi connectivity index (χ0) is 19.9. The van der Waals surface area contributed by atoms with Gasteiger partial charge >= 0.3 is 0 Å². The van der Waals surface area contributed by atoms with Crippen molar-refractivity contribution < 1.29 is 4.79 Å². The molecule has 6 nitrogen and oxygen atoms in total. The third-order valence-electron chi connectivity index (χ3n) is 5.19. The van der Waals surface area contributed by atoms with E-state index >= 15 is 0 Å². The third kappa shape index (κ3) is 3.39. The van der Waals surface area contributed by atoms with Gasteiger partial charge < -0.3 is 10.3 Å². The molecule has 0 unspecified atom stereocenters. The number of carbonyl (C=O) groups is 1. The van der Waals surface area contributed by atoms with Crippen molar-refractivity contribution in [1.82, 2.24) is 15.0 Å². The van der Waals surface area contributed by atoms with Crippen LogP contribution in [-0.4, -0.2) is 26.5 Å². The molecule has 2 aromatic heterocycles. The van der Waals surface area contributed by atoms with E-state index in [2.05, 4.69) is 47.1 Å². The van der Waals surface area contributed by atoms with Crippen molar-refractivity contribution in [3.63, 3.8) is 0 Å². The monoisotopic (exact) mass is 396 g/mol. The molecule has 4 rings (SSSR count). The topological polar surface area (TPSA) is 87.7 Å². The maximum atomic E-state index is 13.1. The fourth-order valence-corrected chi connectivity index (χ4v) is 4.83. The number of rotatable bonds is 4. The Morgan fingerprint density at radius 1 is 1.29 bits per heavy atom. The van der Waals surface area contributed by atoms with Gasteiger partial charge in [-0.15, -0.1) is 0 Å². The van der Waals surface area contributed by atoms with Crippen LogP contribution in [0.5, 0.6) is 0 Å². The number of Topliss-reactive ketones (excluding diaryl/α,β-unsaturated/α-hetero) is 1. The SMILES string of the molecule is CCCSc1nc2c(c(=O)[nH]1)[C@@H](c1cccnc1)[C@@H]1C(=O)CC(C)(C)C=C1N2. The molecule has 0 radical (unpaired) electrons. The highest BCUT2D eigenvalue weighted by atomic mass is 32.2. The first kappa shape index (κ1) is 18.9. The van der Waals surface area contributed by atoms with Gasteiger partial charge in [0.15, 0.2) is 5.16 Å². The van der Waals surface area contributed by atoms with E-state index in [-0.39, 0.29) is 22.7 Å². The molecule has 0 bridgehead atoms. The van der Waals surface area contributed by atoms with Crippen molar-refractivity contribution in [3.05, 3.63) is 57.8 Å². The van der Waals surface area contributed by atoms with Gasteiger partial charge in [-0.1, -0.05) is 44.7 Å². The van der Waals surface area contributed by atoms with Gasteiger partial charge in [-0.3, -0.25) is 14.6 Å². The van der Waals surface area contributed by atoms with Crippen molar-refractivity contribution >= 4 is 23.4 Å². The highest BCUT2D eigenvalue weighted by Gasteiger charge is 2.45. The first-order valence-electron chi connectivity index (χ1n) is 9.59. The normalized spacial score (nSPS) is 22.7. The highest BCUT2D eigenvalue weighted by molar-refractivity contribution is 7.99. The molecule has 1 aliphatic heterocycles. The van der Waals surface area contributed by atoms with Gasteiger partial charge in [0.25, 0.3) is 5.56 Å². The number of thioether (sulfide) groups is 1. The quantitative estimate of drug-likeness (QED) is 0.605. The number of ketones is 1. The predicted octanol–water partition coefficient (Wildman–Crippen LogP) is 3.72. The van der Waals surface area contributed by atoms with E-state index in [0.717, 1.165) is 23.4 Å². The zero-order valence-electron chi connectivity index (χ0n) is 16.3. The lowest BCUT2D eigenvalue weighted by molar-refractivity contribution is -0.124. The second-order valence-corrected chi connectivity index (χ2v) is 9.16. The Morgan fingerprint density at radius 2 is 2.11 bits per heavy atom. The molecule has 0 amide bonds. The number of aromatic nitrogens is 3. The summed E-state index contributed by atoms with van der Waals surface area (Å²) in [6.07, 6.45) is 7.00. The molecule has 2 aromatic rings. The van der Waals surface area contributed by atoms with Crippen LogP contribution in [0.4, 0.5) is 5.82 Å². The number of hydrogen-bond donors (Lipinski definition) is 2. The summed E-state index contributed by atoms with van der Waals surface area (Å²) >= 11 is 1.53. The predicted molar refractivity (Wildman–Crippen MR) is 111 cm³/mol. The number of fused-ring (bicyclic) bond motifs is 2. The van der Waals surface area contributed by atoms with E-state index in [0.29, 0.717) is 23.0 Å². The van der Waals surface area contributed by atoms with Crippen molar-refractivity contribution in [2.75, 3.05) is 11.1 Å². The lowest BCUT2D eigenvalue weighted by Gasteiger charge is -2.40. The second kappa shape index (κ2) is 7.20. The minimum Gasteiger partial charge on any atom is -0.343 e. The Hall–Kier alpha value is -2.41. The third-order valence-corrected chi connectivity index (χ3v) is 6.26. The molecular formula is C21H24N4O2S. The highest BCUT2D eigenvalue weighted by Crippen LogP contribution is 2.47. The Morgan fingerprint density at radius 3 is 2.82 bits per heavy atom. The van der Waals surface area contributed by atoms with Crippen LogP contribution in [0, 0.1) is 11.3 Å². The van der Waals surface area contributed by atoms with E-state index in [1.54, 1.807) is 12.4 Å². The number of H-pyrrole nitrogens is 1. The molecule has 0 fully saturated rings. The van der Waals surface area contributed by atoms with E-state index in [4.69, 9.17) is 0 Å². The van der Waals surface area contributed by atoms with Gasteiger partial charge in [0.2, 0.25) is 0 Å². The minimum atomic E-state index is -0.415. The van der Waals surface area contributed by atoms with Crippen LogP contribution in [0.2, 0.25) is 0 Å². The molecule has 0 saturated carbocycles. The summed E-state index contributed by atoms with van der Waals surface area (Å²) in [6, 6.07) is 3.77. The Bertz CT molecular complexity index is 997. The first-order chi connectivity index (χ1) is 13.4. The number of carbonyl (C=O) groups excluding carboxylic acids is 1. The maximum Gasteiger partial charge on any atom is 0.257 e. The van der Waals surface area contributed by atoms with Gasteiger partial charge in [0, 0.05) is 36.2 Å². The van der Waals surface area contributed by atoms with Crippen LogP contribution in [0.15, 0.2) is 46.3 Å². The van der Waals surface area contributed by atoms with Gasteiger partial charge in [0.1, 0.15) is 11.6 Å². The zero-order valence-corrected chi connectivity index (χ0v) is 17.1. The summed E-state index contributed by atoms with van der Waals surface area (Å²) in [7, 11) is 0. The van der Waals surface area contributed by atoms with Crippen LogP contribution < -0.4 is 10.9 Å². The molecule has 7 heteroatoms. The molecule has 146 valence electrons. The molecule has 28 heavy (non-hydrogen) atoms. The minimum absolute atomic E-state index is 0.137. The van der Waals surface area contributed by atoms with Gasteiger partial charge in [0.05, 0.1) is 11.5 Å². The molecule has 0 aromatic carbocycles. The molecule has 0 saturated heterocycles. The van der Waals surface area contributed by atoms with Crippen molar-refractivity contribution in [3.8, 4) is 0 Å². The number of pyridine rings is 1. The van der Waals surface area contributed by atoms with Crippen molar-refractivity contribution in [2.24, 2.45) is 11.3 Å². The molecule has 2 atom stereocenters. The number of anilines is 1. The average molecular weight is 397 g/mol. The first-order valence-corrected chi connectivity index (χ1v) is 10.6. The summed E-state index contributed by atoms with van der Waals surface area (Å²) in [4.78, 5) is 38.0. The largest absolute Gasteiger partial charge is 0.343 e. The number of hydrogen-bond acceptors (Lipinski definition) is 6. The Labute approximate surface area is 168 Å². The van der Waals surface area contributed by atoms with Crippen LogP contribution in [0.25, 0.3) is 0 Å². The van der Waals surface area contributed by atoms with Gasteiger partial charge in [-0.25, -0.2) is 4.98 Å². The summed E-state index contributed by atoms with van der Waals surface area (Å²) in [5.74, 6) is 0.760. The number of nitrogens with zero attached hydrogens (tertiary/aromatic N) is 2. The summed E-state index contributed by atoms with van der Waals surface area (Å²) in [5, 5.41) is 3.92. The summed E-state index contributed by atoms with van der Waals surface area (Å²) < 4.78 is 0. The Balaban J connectivity index is 1.91. The lowest BCUT2D eigenvalue weighted by atomic mass is 9.67. The second-order valence-electron chi connectivity index (χ2n) is 8.08. The molecule has 2 aliphatic rings. The van der Waals surface area contributed by atoms with E-state index in [1.165, 1.54) is 11.8 Å². The maximum absolute atomic E-state index is 13.1. The van der Waals surface area contributed by atoms with Crippen molar-refractivity contribution in [1.29, 1.82) is 0 Å². The van der Waals surface area contributed by atoms with Crippen LogP contribution >= 0.6 is 11.8 Å². The molecule has 0 spiro atoms. The van der Waals surface area contributed by atoms with E-state index in [1.807, 2.05) is 12.1 Å². The molecular weight excluding hydrogens is 372 g/mol. The Kier molecular flexibility index (Phi) is 4.87. The fourth-order valence-electron chi connectivity index (χ4n) is 4.11. The molecule has 1 aliphatic carbocycles. The van der Waals surface area contributed by atoms with Crippen molar-refractivity contribution in [2.45, 2.75) is 44.7 Å². The van der Waals surface area contributed by atoms with Gasteiger partial charge in [-0.2, -0.15) is 0 Å². The number of allylic oxidation sites excluding steroid dienone is 2. The fraction of sp³-hybridized carbons (Fsp3) is 0.429. The summed E-state index contributed by atoms with van der Waals surface area (Å²) in [5.41, 5.74) is 1.79. The average Bonchev–Trinajstić information content (AvgIpc) is 2.64. The van der Waals surface area contributed by atoms with E-state index < -0.39 is 5.92 Å².